The fourth-order valence-corrected chi connectivity index (χ4v) is 13.3. The molecule has 0 heterocycles. The summed E-state index contributed by atoms with van der Waals surface area (Å²) in [5.41, 5.74) is 0. The van der Waals surface area contributed by atoms with Crippen LogP contribution in [0.15, 0.2) is 0 Å². The van der Waals surface area contributed by atoms with Gasteiger partial charge < -0.3 is 0 Å². The third-order valence-corrected chi connectivity index (χ3v) is 18.1. The van der Waals surface area contributed by atoms with Crippen molar-refractivity contribution in [2.75, 3.05) is 0 Å². The summed E-state index contributed by atoms with van der Waals surface area (Å²) in [6.45, 7) is 0. The molecule has 0 aromatic heterocycles. The Kier molecular flexibility index (Phi) is 2.58. The Labute approximate surface area is 107 Å². The molecule has 0 amide bonds. The molecule has 4 aliphatic carbocycles. The minimum absolute atomic E-state index is 0.885. The molecule has 3 unspecified atom stereocenters. The Morgan fingerprint density at radius 1 is 1.00 bits per heavy atom. The Hall–Kier alpha value is 1.28. The summed E-state index contributed by atoms with van der Waals surface area (Å²) in [6.07, 6.45) is 7.91. The zero-order valence-corrected chi connectivity index (χ0v) is 14.7. The number of rotatable bonds is 1. The molecule has 4 bridgehead atoms. The van der Waals surface area contributed by atoms with Crippen LogP contribution >= 0.6 is 15.9 Å². The zero-order chi connectivity index (χ0) is 10.8. The number of halogens is 1. The first kappa shape index (κ1) is 11.4. The van der Waals surface area contributed by atoms with Gasteiger partial charge in [0.05, 0.1) is 0 Å². The summed E-state index contributed by atoms with van der Waals surface area (Å²) in [5, 5.41) is 0. The van der Waals surface area contributed by atoms with Crippen LogP contribution in [0.1, 0.15) is 32.1 Å². The molecule has 0 aliphatic heterocycles. The molecule has 2 heteroatoms. The van der Waals surface area contributed by atoms with E-state index in [2.05, 4.69) is 30.7 Å². The van der Waals surface area contributed by atoms with Crippen LogP contribution in [0, 0.1) is 17.8 Å². The molecule has 4 aliphatic rings. The Morgan fingerprint density at radius 3 is 2.00 bits per heavy atom. The fourth-order valence-electron chi connectivity index (χ4n) is 4.88. The first-order valence-corrected chi connectivity index (χ1v) is 17.5. The molecule has 4 fully saturated rings. The Morgan fingerprint density at radius 2 is 1.53 bits per heavy atom. The standard InChI is InChI=1S/C10H14Br.3CH3.Sn/c11-10-8-2-6-1-7(4-8)5-9(10)3-6;;;;/h6,8-10H,1-5H2;3*1H3;/t6?,8-,9+,10?;;;;. The monoisotopic (exact) mass is 378 g/mol. The van der Waals surface area contributed by atoms with E-state index < -0.39 is 18.4 Å². The van der Waals surface area contributed by atoms with Gasteiger partial charge in [-0.1, -0.05) is 0 Å². The second kappa shape index (κ2) is 3.40. The Bertz CT molecular complexity index is 265. The van der Waals surface area contributed by atoms with E-state index in [1.807, 2.05) is 0 Å². The predicted molar refractivity (Wildman–Crippen MR) is 72.3 cm³/mol. The summed E-state index contributed by atoms with van der Waals surface area (Å²) >= 11 is 2.28. The topological polar surface area (TPSA) is 0 Å². The van der Waals surface area contributed by atoms with Gasteiger partial charge in [-0.25, -0.2) is 0 Å². The van der Waals surface area contributed by atoms with Crippen LogP contribution in [0.25, 0.3) is 0 Å². The normalized spacial score (nSPS) is 53.6. The average molecular weight is 378 g/mol. The summed E-state index contributed by atoms with van der Waals surface area (Å²) < 4.78 is 0.898. The van der Waals surface area contributed by atoms with E-state index in [-0.39, 0.29) is 0 Å². The quantitative estimate of drug-likeness (QED) is 0.460. The van der Waals surface area contributed by atoms with Crippen molar-refractivity contribution in [2.24, 2.45) is 17.8 Å². The number of hydrogen-bond donors (Lipinski definition) is 0. The van der Waals surface area contributed by atoms with Crippen molar-refractivity contribution >= 4 is 34.3 Å². The third kappa shape index (κ3) is 1.58. The van der Waals surface area contributed by atoms with Crippen LogP contribution in [0.3, 0.4) is 0 Å². The van der Waals surface area contributed by atoms with E-state index in [4.69, 9.17) is 0 Å². The van der Waals surface area contributed by atoms with Gasteiger partial charge in [-0.15, -0.1) is 0 Å². The van der Waals surface area contributed by atoms with Gasteiger partial charge in [0, 0.05) is 0 Å². The third-order valence-electron chi connectivity index (χ3n) is 5.75. The van der Waals surface area contributed by atoms with Gasteiger partial charge in [0.2, 0.25) is 0 Å². The summed E-state index contributed by atoms with van der Waals surface area (Å²) in [7, 11) is 0. The van der Waals surface area contributed by atoms with Crippen LogP contribution in [-0.4, -0.2) is 23.2 Å². The molecule has 86 valence electrons. The van der Waals surface area contributed by atoms with Gasteiger partial charge in [0.15, 0.2) is 0 Å². The van der Waals surface area contributed by atoms with Crippen LogP contribution in [0.4, 0.5) is 0 Å². The van der Waals surface area contributed by atoms with Gasteiger partial charge in [-0.3, -0.25) is 0 Å². The van der Waals surface area contributed by atoms with Crippen LogP contribution in [-0.2, 0) is 0 Å². The first-order valence-electron chi connectivity index (χ1n) is 6.55. The van der Waals surface area contributed by atoms with Gasteiger partial charge in [-0.2, -0.15) is 0 Å². The molecule has 4 saturated carbocycles. The second-order valence-electron chi connectivity index (χ2n) is 7.44. The number of alkyl halides is 1. The number of hydrogen-bond acceptors (Lipinski definition) is 0. The second-order valence-corrected chi connectivity index (χ2v) is 24.4. The molecule has 0 aromatic carbocycles. The first-order chi connectivity index (χ1) is 6.91. The van der Waals surface area contributed by atoms with Crippen molar-refractivity contribution in [1.82, 2.24) is 0 Å². The minimum atomic E-state index is -1.72. The van der Waals surface area contributed by atoms with Crippen molar-refractivity contribution in [3.05, 3.63) is 0 Å². The van der Waals surface area contributed by atoms with E-state index >= 15 is 0 Å². The average Bonchev–Trinajstić information content (AvgIpc) is 2.10. The van der Waals surface area contributed by atoms with E-state index in [9.17, 15) is 0 Å². The van der Waals surface area contributed by atoms with E-state index in [1.54, 1.807) is 32.1 Å². The molecular formula is C13H23BrSn. The van der Waals surface area contributed by atoms with Crippen LogP contribution in [0.2, 0.25) is 18.2 Å². The molecule has 0 spiro atoms. The molecule has 0 radical (unpaired) electrons. The van der Waals surface area contributed by atoms with Crippen molar-refractivity contribution in [3.63, 3.8) is 0 Å². The summed E-state index contributed by atoms with van der Waals surface area (Å²) in [6, 6.07) is 0. The SMILES string of the molecule is [CH3][Sn]([CH3])([CH3])[C]12CC3C[C@H](C1)C(Br)[C@@H](C3)C2. The van der Waals surface area contributed by atoms with Gasteiger partial charge >= 0.3 is 107 Å². The van der Waals surface area contributed by atoms with Crippen molar-refractivity contribution < 1.29 is 0 Å². The van der Waals surface area contributed by atoms with Crippen molar-refractivity contribution in [2.45, 2.75) is 55.2 Å². The molecule has 0 aromatic rings. The molecule has 0 saturated heterocycles. The van der Waals surface area contributed by atoms with E-state index in [0.717, 1.165) is 26.0 Å². The van der Waals surface area contributed by atoms with Crippen LogP contribution in [0.5, 0.6) is 0 Å². The fraction of sp³-hybridized carbons (Fsp3) is 1.00. The molecule has 15 heavy (non-hydrogen) atoms. The Balaban J connectivity index is 1.96. The molecule has 0 N–H and O–H groups in total. The molecule has 5 atom stereocenters. The van der Waals surface area contributed by atoms with Crippen molar-refractivity contribution in [1.29, 1.82) is 0 Å². The molecular weight excluding hydrogens is 355 g/mol. The molecule has 0 nitrogen and oxygen atoms in total. The van der Waals surface area contributed by atoms with Gasteiger partial charge in [0.25, 0.3) is 0 Å². The summed E-state index contributed by atoms with van der Waals surface area (Å²) in [4.78, 5) is 8.94. The maximum absolute atomic E-state index is 3.99. The van der Waals surface area contributed by atoms with E-state index in [1.165, 1.54) is 0 Å². The summed E-state index contributed by atoms with van der Waals surface area (Å²) in [5.74, 6) is 3.21. The van der Waals surface area contributed by atoms with Gasteiger partial charge in [-0.05, 0) is 0 Å². The zero-order valence-electron chi connectivity index (χ0n) is 10.2. The van der Waals surface area contributed by atoms with Gasteiger partial charge in [0.1, 0.15) is 0 Å². The maximum atomic E-state index is 3.99. The molecule has 4 rings (SSSR count). The van der Waals surface area contributed by atoms with Crippen molar-refractivity contribution in [3.8, 4) is 0 Å². The predicted octanol–water partition coefficient (Wildman–Crippen LogP) is 4.67. The van der Waals surface area contributed by atoms with E-state index in [0.29, 0.717) is 0 Å². The van der Waals surface area contributed by atoms with Crippen LogP contribution < -0.4 is 0 Å².